The molecule has 8 heteroatoms. The minimum absolute atomic E-state index is 0.0178. The first-order chi connectivity index (χ1) is 32.9. The molecule has 0 radical (unpaired) electrons. The van der Waals surface area contributed by atoms with Crippen molar-refractivity contribution in [2.75, 3.05) is 14.2 Å². The van der Waals surface area contributed by atoms with Crippen LogP contribution in [-0.2, 0) is 60.7 Å². The van der Waals surface area contributed by atoms with Gasteiger partial charge in [-0.1, -0.05) is 55.4 Å². The summed E-state index contributed by atoms with van der Waals surface area (Å²) in [5.41, 5.74) is 22.9. The Morgan fingerprint density at radius 1 is 0.343 bits per heavy atom. The Labute approximate surface area is 412 Å². The van der Waals surface area contributed by atoms with E-state index in [2.05, 4.69) is 188 Å². The lowest BCUT2D eigenvalue weighted by Gasteiger charge is -2.31. The van der Waals surface area contributed by atoms with Crippen molar-refractivity contribution in [1.82, 2.24) is 0 Å². The van der Waals surface area contributed by atoms with Gasteiger partial charge < -0.3 is 18.9 Å². The fourth-order valence-electron chi connectivity index (χ4n) is 15.5. The fourth-order valence-corrected chi connectivity index (χ4v) is 15.5. The fraction of sp³-hybridized carbons (Fsp3) is 0.419. The third-order valence-electron chi connectivity index (χ3n) is 18.8. The maximum atomic E-state index is 7.05. The summed E-state index contributed by atoms with van der Waals surface area (Å²) < 4.78 is 35.4. The van der Waals surface area contributed by atoms with E-state index in [1.165, 1.54) is 88.7 Å². The summed E-state index contributed by atoms with van der Waals surface area (Å²) in [4.78, 5) is 0. The third-order valence-corrected chi connectivity index (χ3v) is 18.8. The van der Waals surface area contributed by atoms with Crippen molar-refractivity contribution in [2.45, 2.75) is 127 Å². The van der Waals surface area contributed by atoms with Gasteiger partial charge in [-0.25, -0.2) is 0 Å². The molecule has 0 fully saturated rings. The third kappa shape index (κ3) is 5.38. The van der Waals surface area contributed by atoms with Crippen LogP contribution in [0.15, 0.2) is 72.8 Å². The summed E-state index contributed by atoms with van der Waals surface area (Å²) in [5.74, 6) is 4.55. The Bertz CT molecular complexity index is 3790. The van der Waals surface area contributed by atoms with Gasteiger partial charge in [0, 0.05) is 47.2 Å². The van der Waals surface area contributed by atoms with Crippen LogP contribution in [0.2, 0.25) is 0 Å². The van der Waals surface area contributed by atoms with Crippen molar-refractivity contribution in [1.29, 1.82) is 0 Å². The monoisotopic (exact) mass is 933 g/mol. The summed E-state index contributed by atoms with van der Waals surface area (Å²) in [6.07, 6.45) is 4.09. The SMILES string of the molecule is COc1cc2c(cc1OC)C1(CC2(C)C)CC(C)(C)c2cc3c(cc21)Oc1cc2c(cc1O3)[n+](C)c1cc3c(cc1[n+]2C)C1(CC(C)(C)c2cc4c(cc21)[n+](C)c1cc(C)c(C)cc1[n+]4C)CC3(C)C. The van der Waals surface area contributed by atoms with E-state index in [1.54, 1.807) is 14.2 Å². The number of hydrogen-bond acceptors (Lipinski definition) is 4. The average molecular weight is 933 g/mol. The summed E-state index contributed by atoms with van der Waals surface area (Å²) in [7, 11) is 12.4. The number of benzene rings is 6. The normalized spacial score (nSPS) is 22.3. The van der Waals surface area contributed by atoms with E-state index in [1.807, 2.05) is 0 Å². The van der Waals surface area contributed by atoms with E-state index < -0.39 is 0 Å². The van der Waals surface area contributed by atoms with Crippen LogP contribution >= 0.6 is 0 Å². The van der Waals surface area contributed by atoms with Gasteiger partial charge in [0.2, 0.25) is 0 Å². The Kier molecular flexibility index (Phi) is 8.35. The molecule has 4 aliphatic carbocycles. The smallest absolute Gasteiger partial charge is 0.281 e. The molecule has 70 heavy (non-hydrogen) atoms. The molecule has 1 aliphatic heterocycles. The Balaban J connectivity index is 0.959. The molecule has 13 rings (SSSR count). The number of ether oxygens (including phenoxy) is 4. The molecule has 0 bridgehead atoms. The second-order valence-electron chi connectivity index (χ2n) is 24.9. The van der Waals surface area contributed by atoms with E-state index in [0.29, 0.717) is 0 Å². The minimum Gasteiger partial charge on any atom is -0.493 e. The molecule has 5 aliphatic rings. The summed E-state index contributed by atoms with van der Waals surface area (Å²) in [6, 6.07) is 28.3. The zero-order valence-electron chi connectivity index (χ0n) is 44.2. The van der Waals surface area contributed by atoms with Crippen molar-refractivity contribution in [2.24, 2.45) is 28.2 Å². The van der Waals surface area contributed by atoms with Crippen molar-refractivity contribution >= 4 is 44.1 Å². The lowest BCUT2D eigenvalue weighted by atomic mass is 9.72. The zero-order chi connectivity index (χ0) is 49.3. The number of rotatable bonds is 2. The number of nitrogens with zero attached hydrogens (tertiary/aromatic N) is 4. The van der Waals surface area contributed by atoms with Crippen LogP contribution in [0.5, 0.6) is 34.5 Å². The van der Waals surface area contributed by atoms with Gasteiger partial charge in [-0.15, -0.1) is 0 Å². The van der Waals surface area contributed by atoms with Gasteiger partial charge in [0.05, 0.1) is 26.4 Å². The maximum Gasteiger partial charge on any atom is 0.281 e. The zero-order valence-corrected chi connectivity index (χ0v) is 44.2. The highest BCUT2D eigenvalue weighted by molar-refractivity contribution is 5.84. The van der Waals surface area contributed by atoms with Crippen LogP contribution in [0.4, 0.5) is 0 Å². The van der Waals surface area contributed by atoms with Crippen molar-refractivity contribution < 1.29 is 37.2 Å². The molecule has 0 saturated carbocycles. The van der Waals surface area contributed by atoms with Crippen molar-refractivity contribution in [3.8, 4) is 34.5 Å². The van der Waals surface area contributed by atoms with Crippen LogP contribution in [0, 0.1) is 13.8 Å². The van der Waals surface area contributed by atoms with E-state index in [4.69, 9.17) is 18.9 Å². The van der Waals surface area contributed by atoms with Crippen LogP contribution < -0.4 is 37.2 Å². The van der Waals surface area contributed by atoms with Gasteiger partial charge in [-0.3, -0.25) is 0 Å². The number of aryl methyl sites for hydroxylation is 6. The Morgan fingerprint density at radius 2 is 0.586 bits per heavy atom. The number of fused-ring (bicyclic) bond motifs is 14. The number of hydrogen-bond donors (Lipinski definition) is 0. The van der Waals surface area contributed by atoms with Gasteiger partial charge >= 0.3 is 0 Å². The van der Waals surface area contributed by atoms with Crippen LogP contribution in [-0.4, -0.2) is 14.2 Å². The summed E-state index contributed by atoms with van der Waals surface area (Å²) in [6.45, 7) is 23.8. The molecule has 2 atom stereocenters. The number of methoxy groups -OCH3 is 2. The van der Waals surface area contributed by atoms with Crippen molar-refractivity contribution in [3.63, 3.8) is 0 Å². The Morgan fingerprint density at radius 3 is 0.957 bits per heavy atom. The standard InChI is InChI=1S/C62H68N4O4/c1-33-17-43-44(18-34(33)2)64(12)47-21-39-35(19-45(47)63(43)11)57(3,4)29-61(39)30-58(5,6)36-20-46-48(22-40(36)61)66(14)50-28-56-55(27-49(50)65(46)13)69-53-24-38-42(26-54(53)70-56)62(32-60(38,9)10)31-59(7,8)37-23-51(67-15)52(68-16)25-41(37)62/h17-28H,29-32H2,1-16H3/q+4. The summed E-state index contributed by atoms with van der Waals surface area (Å²) in [5, 5.41) is 0. The van der Waals surface area contributed by atoms with E-state index in [0.717, 1.165) is 71.2 Å². The molecule has 8 aromatic rings. The first-order valence-electron chi connectivity index (χ1n) is 25.4. The number of aromatic nitrogens is 4. The second kappa shape index (κ2) is 13.4. The maximum absolute atomic E-state index is 7.05. The van der Waals surface area contributed by atoms with Gasteiger partial charge in [0.15, 0.2) is 34.5 Å². The van der Waals surface area contributed by atoms with E-state index in [9.17, 15) is 0 Å². The van der Waals surface area contributed by atoms with Gasteiger partial charge in [0.25, 0.3) is 44.1 Å². The van der Waals surface area contributed by atoms with Crippen LogP contribution in [0.3, 0.4) is 0 Å². The molecular weight excluding hydrogens is 865 g/mol. The quantitative estimate of drug-likeness (QED) is 0.128. The highest BCUT2D eigenvalue weighted by Gasteiger charge is 2.59. The first-order valence-corrected chi connectivity index (χ1v) is 25.4. The molecule has 8 nitrogen and oxygen atoms in total. The van der Waals surface area contributed by atoms with E-state index >= 15 is 0 Å². The molecule has 0 N–H and O–H groups in total. The highest BCUT2D eigenvalue weighted by Crippen LogP contribution is 2.66. The van der Waals surface area contributed by atoms with E-state index in [-0.39, 0.29) is 32.5 Å². The van der Waals surface area contributed by atoms with Gasteiger partial charge in [0.1, 0.15) is 28.2 Å². The molecule has 2 spiro atoms. The largest absolute Gasteiger partial charge is 0.493 e. The van der Waals surface area contributed by atoms with Gasteiger partial charge in [-0.05, 0) is 141 Å². The predicted octanol–water partition coefficient (Wildman–Crippen LogP) is 11.4. The molecule has 356 valence electrons. The average Bonchev–Trinajstić information content (AvgIpc) is 3.86. The topological polar surface area (TPSA) is 52.4 Å². The molecule has 2 unspecified atom stereocenters. The predicted molar refractivity (Wildman–Crippen MR) is 275 cm³/mol. The molecule has 3 heterocycles. The summed E-state index contributed by atoms with van der Waals surface area (Å²) >= 11 is 0. The van der Waals surface area contributed by atoms with Crippen LogP contribution in [0.1, 0.15) is 137 Å². The molecule has 0 amide bonds. The lowest BCUT2D eigenvalue weighted by molar-refractivity contribution is -0.658. The van der Waals surface area contributed by atoms with Crippen molar-refractivity contribution in [3.05, 3.63) is 128 Å². The minimum atomic E-state index is -0.213. The van der Waals surface area contributed by atoms with Crippen LogP contribution in [0.25, 0.3) is 44.1 Å². The lowest BCUT2D eigenvalue weighted by Crippen LogP contribution is -2.42. The first kappa shape index (κ1) is 43.7. The molecular formula is C62H68N4O4+4. The van der Waals surface area contributed by atoms with Gasteiger partial charge in [-0.2, -0.15) is 18.3 Å². The molecule has 6 aromatic carbocycles. The Hall–Kier alpha value is -6.28. The highest BCUT2D eigenvalue weighted by atomic mass is 16.6. The molecule has 0 saturated heterocycles. The second-order valence-corrected chi connectivity index (χ2v) is 24.9. The molecule has 2 aromatic heterocycles.